The minimum absolute atomic E-state index is 0.0176. The number of rotatable bonds is 7. The Morgan fingerprint density at radius 2 is 1.67 bits per heavy atom. The van der Waals surface area contributed by atoms with Crippen LogP contribution in [0.5, 0.6) is 5.75 Å². The third-order valence-corrected chi connectivity index (χ3v) is 4.20. The molecule has 128 valence electrons. The first kappa shape index (κ1) is 18.1. The van der Waals surface area contributed by atoms with Gasteiger partial charge in [-0.1, -0.05) is 45.0 Å². The first-order valence-electron chi connectivity index (χ1n) is 8.71. The van der Waals surface area contributed by atoms with E-state index in [-0.39, 0.29) is 5.91 Å². The van der Waals surface area contributed by atoms with Crippen LogP contribution < -0.4 is 10.1 Å². The largest absolute Gasteiger partial charge is 0.489 e. The summed E-state index contributed by atoms with van der Waals surface area (Å²) in [5, 5.41) is 2.96. The molecule has 1 amide bonds. The molecule has 0 aliphatic heterocycles. The van der Waals surface area contributed by atoms with E-state index >= 15 is 0 Å². The van der Waals surface area contributed by atoms with E-state index in [1.807, 2.05) is 19.1 Å². The quantitative estimate of drug-likeness (QED) is 0.774. The van der Waals surface area contributed by atoms with Crippen LogP contribution >= 0.6 is 0 Å². The number of hydrogen-bond acceptors (Lipinski definition) is 2. The van der Waals surface area contributed by atoms with Gasteiger partial charge in [-0.2, -0.15) is 0 Å². The van der Waals surface area contributed by atoms with Crippen molar-refractivity contribution >= 4 is 11.6 Å². The Kier molecular flexibility index (Phi) is 6.42. The number of carbonyl (C=O) groups excluding carboxylic acids is 1. The summed E-state index contributed by atoms with van der Waals surface area (Å²) in [6, 6.07) is 12.4. The first-order chi connectivity index (χ1) is 11.6. The number of benzene rings is 2. The molecule has 0 fully saturated rings. The van der Waals surface area contributed by atoms with Gasteiger partial charge >= 0.3 is 0 Å². The lowest BCUT2D eigenvalue weighted by molar-refractivity contribution is -0.115. The molecule has 2 aromatic rings. The van der Waals surface area contributed by atoms with E-state index in [0.29, 0.717) is 13.0 Å². The van der Waals surface area contributed by atoms with Crippen molar-refractivity contribution in [3.63, 3.8) is 0 Å². The van der Waals surface area contributed by atoms with Gasteiger partial charge in [0.2, 0.25) is 5.91 Å². The van der Waals surface area contributed by atoms with E-state index in [1.54, 1.807) is 0 Å². The molecule has 0 spiro atoms. The monoisotopic (exact) mass is 325 g/mol. The number of ether oxygens (including phenoxy) is 1. The second kappa shape index (κ2) is 8.53. The highest BCUT2D eigenvalue weighted by Gasteiger charge is 2.09. The van der Waals surface area contributed by atoms with E-state index in [2.05, 4.69) is 50.4 Å². The highest BCUT2D eigenvalue weighted by molar-refractivity contribution is 5.91. The Morgan fingerprint density at radius 3 is 2.29 bits per heavy atom. The standard InChI is InChI=1S/C21H27NO2/c1-5-16-9-11-20(15(4)12-16)24-14-18-13-17(6-2)8-10-19(18)22-21(23)7-3/h8-13H,5-7,14H2,1-4H3,(H,22,23). The summed E-state index contributed by atoms with van der Waals surface area (Å²) in [4.78, 5) is 11.7. The second-order valence-electron chi connectivity index (χ2n) is 5.99. The molecule has 2 aromatic carbocycles. The SMILES string of the molecule is CCC(=O)Nc1ccc(CC)cc1COc1ccc(CC)cc1C. The molecule has 0 saturated heterocycles. The van der Waals surface area contributed by atoms with Gasteiger partial charge in [0.15, 0.2) is 0 Å². The fraction of sp³-hybridized carbons (Fsp3) is 0.381. The van der Waals surface area contributed by atoms with Gasteiger partial charge in [-0.25, -0.2) is 0 Å². The fourth-order valence-corrected chi connectivity index (χ4v) is 2.60. The zero-order valence-electron chi connectivity index (χ0n) is 15.1. The highest BCUT2D eigenvalue weighted by atomic mass is 16.5. The van der Waals surface area contributed by atoms with Gasteiger partial charge in [0.1, 0.15) is 12.4 Å². The average Bonchev–Trinajstić information content (AvgIpc) is 2.61. The van der Waals surface area contributed by atoms with Crippen molar-refractivity contribution in [2.45, 2.75) is 53.6 Å². The molecule has 0 radical (unpaired) electrons. The molecule has 0 aliphatic rings. The minimum Gasteiger partial charge on any atom is -0.489 e. The fourth-order valence-electron chi connectivity index (χ4n) is 2.60. The summed E-state index contributed by atoms with van der Waals surface area (Å²) in [6.45, 7) is 8.63. The zero-order valence-corrected chi connectivity index (χ0v) is 15.1. The summed E-state index contributed by atoms with van der Waals surface area (Å²) < 4.78 is 6.03. The highest BCUT2D eigenvalue weighted by Crippen LogP contribution is 2.24. The molecular formula is C21H27NO2. The van der Waals surface area contributed by atoms with Gasteiger partial charge in [0.25, 0.3) is 0 Å². The van der Waals surface area contributed by atoms with E-state index in [9.17, 15) is 4.79 Å². The van der Waals surface area contributed by atoms with E-state index < -0.39 is 0 Å². The molecule has 0 aromatic heterocycles. The minimum atomic E-state index is 0.0176. The molecular weight excluding hydrogens is 298 g/mol. The van der Waals surface area contributed by atoms with Crippen molar-refractivity contribution in [1.29, 1.82) is 0 Å². The van der Waals surface area contributed by atoms with Crippen LogP contribution in [0.4, 0.5) is 5.69 Å². The molecule has 0 bridgehead atoms. The van der Waals surface area contributed by atoms with Gasteiger partial charge in [-0.05, 0) is 48.6 Å². The Hall–Kier alpha value is -2.29. The Labute approximate surface area is 145 Å². The smallest absolute Gasteiger partial charge is 0.224 e. The van der Waals surface area contributed by atoms with E-state index in [1.165, 1.54) is 11.1 Å². The molecule has 2 rings (SSSR count). The maximum atomic E-state index is 11.7. The van der Waals surface area contributed by atoms with Gasteiger partial charge in [0, 0.05) is 17.7 Å². The van der Waals surface area contributed by atoms with E-state index in [4.69, 9.17) is 4.74 Å². The van der Waals surface area contributed by atoms with Gasteiger partial charge < -0.3 is 10.1 Å². The predicted octanol–water partition coefficient (Wildman–Crippen LogP) is 5.05. The molecule has 3 heteroatoms. The lowest BCUT2D eigenvalue weighted by atomic mass is 10.1. The molecule has 0 atom stereocenters. The van der Waals surface area contributed by atoms with Crippen LogP contribution in [0.1, 0.15) is 49.4 Å². The van der Waals surface area contributed by atoms with Crippen molar-refractivity contribution in [3.8, 4) is 5.75 Å². The average molecular weight is 325 g/mol. The van der Waals surface area contributed by atoms with Crippen LogP contribution in [0.25, 0.3) is 0 Å². The van der Waals surface area contributed by atoms with Crippen molar-refractivity contribution < 1.29 is 9.53 Å². The molecule has 3 nitrogen and oxygen atoms in total. The molecule has 0 saturated carbocycles. The van der Waals surface area contributed by atoms with Crippen molar-refractivity contribution in [2.75, 3.05) is 5.32 Å². The third kappa shape index (κ3) is 4.60. The lowest BCUT2D eigenvalue weighted by Crippen LogP contribution is -2.12. The number of nitrogens with one attached hydrogen (secondary N) is 1. The van der Waals surface area contributed by atoms with Crippen LogP contribution in [-0.4, -0.2) is 5.91 Å². The van der Waals surface area contributed by atoms with Crippen LogP contribution in [0, 0.1) is 6.92 Å². The molecule has 0 unspecified atom stereocenters. The van der Waals surface area contributed by atoms with Gasteiger partial charge in [0.05, 0.1) is 0 Å². The first-order valence-corrected chi connectivity index (χ1v) is 8.71. The third-order valence-electron chi connectivity index (χ3n) is 4.20. The Balaban J connectivity index is 2.19. The van der Waals surface area contributed by atoms with Gasteiger partial charge in [-0.15, -0.1) is 0 Å². The van der Waals surface area contributed by atoms with Crippen LogP contribution in [0.2, 0.25) is 0 Å². The number of anilines is 1. The van der Waals surface area contributed by atoms with Crippen molar-refractivity contribution in [3.05, 3.63) is 58.7 Å². The molecule has 0 aliphatic carbocycles. The van der Waals surface area contributed by atoms with Gasteiger partial charge in [-0.3, -0.25) is 4.79 Å². The summed E-state index contributed by atoms with van der Waals surface area (Å²) in [6.07, 6.45) is 2.44. The van der Waals surface area contributed by atoms with Crippen molar-refractivity contribution in [1.82, 2.24) is 0 Å². The Morgan fingerprint density at radius 1 is 1.00 bits per heavy atom. The predicted molar refractivity (Wildman–Crippen MR) is 99.6 cm³/mol. The number of amides is 1. The summed E-state index contributed by atoms with van der Waals surface area (Å²) in [5.41, 5.74) is 5.53. The number of aryl methyl sites for hydroxylation is 3. The normalized spacial score (nSPS) is 10.5. The summed E-state index contributed by atoms with van der Waals surface area (Å²) >= 11 is 0. The molecule has 1 N–H and O–H groups in total. The maximum absolute atomic E-state index is 11.7. The summed E-state index contributed by atoms with van der Waals surface area (Å²) in [7, 11) is 0. The van der Waals surface area contributed by atoms with Crippen LogP contribution in [0.15, 0.2) is 36.4 Å². The number of hydrogen-bond donors (Lipinski definition) is 1. The second-order valence-corrected chi connectivity index (χ2v) is 5.99. The zero-order chi connectivity index (χ0) is 17.5. The Bertz CT molecular complexity index is 707. The maximum Gasteiger partial charge on any atom is 0.224 e. The molecule has 0 heterocycles. The van der Waals surface area contributed by atoms with Crippen molar-refractivity contribution in [2.24, 2.45) is 0 Å². The number of carbonyl (C=O) groups is 1. The van der Waals surface area contributed by atoms with Crippen LogP contribution in [0.3, 0.4) is 0 Å². The van der Waals surface area contributed by atoms with Crippen LogP contribution in [-0.2, 0) is 24.2 Å². The molecule has 24 heavy (non-hydrogen) atoms. The lowest BCUT2D eigenvalue weighted by Gasteiger charge is -2.15. The van der Waals surface area contributed by atoms with E-state index in [0.717, 1.165) is 35.4 Å². The summed E-state index contributed by atoms with van der Waals surface area (Å²) in [5.74, 6) is 0.908. The topological polar surface area (TPSA) is 38.3 Å².